The van der Waals surface area contributed by atoms with Crippen molar-refractivity contribution in [2.75, 3.05) is 10.0 Å². The first-order valence-corrected chi connectivity index (χ1v) is 11.6. The summed E-state index contributed by atoms with van der Waals surface area (Å²) in [5, 5.41) is 1.74. The van der Waals surface area contributed by atoms with Crippen molar-refractivity contribution < 1.29 is 52.7 Å². The highest BCUT2D eigenvalue weighted by molar-refractivity contribution is 5.78. The standard InChI is InChI=1S/C28H16F12N2/c29-25(30,31)17-7-11-21(12-8-17)41(22-13-9-18(10-14-22)26(32,33)34)42(23-5-1-3-19(15-23)27(35,36)37)24-6-2-4-20(16-24)28(38,39)40/h1-16H. The predicted octanol–water partition coefficient (Wildman–Crippen LogP) is 10.7. The average molecular weight is 608 g/mol. The number of halogens is 12. The van der Waals surface area contributed by atoms with Gasteiger partial charge in [-0.15, -0.1) is 0 Å². The van der Waals surface area contributed by atoms with Crippen LogP contribution in [0.3, 0.4) is 0 Å². The van der Waals surface area contributed by atoms with E-state index < -0.39 is 58.3 Å². The molecule has 0 heterocycles. The van der Waals surface area contributed by atoms with Crippen LogP contribution >= 0.6 is 0 Å². The largest absolute Gasteiger partial charge is 0.416 e. The summed E-state index contributed by atoms with van der Waals surface area (Å²) < 4.78 is 161. The molecule has 0 N–H and O–H groups in total. The van der Waals surface area contributed by atoms with Gasteiger partial charge in [-0.25, -0.2) is 10.0 Å². The van der Waals surface area contributed by atoms with E-state index in [0.717, 1.165) is 58.5 Å². The smallest absolute Gasteiger partial charge is 0.249 e. The Hall–Kier alpha value is -4.36. The van der Waals surface area contributed by atoms with E-state index in [-0.39, 0.29) is 11.4 Å². The first kappa shape index (κ1) is 30.6. The minimum absolute atomic E-state index is 0.224. The van der Waals surface area contributed by atoms with Gasteiger partial charge in [0.15, 0.2) is 0 Å². The summed E-state index contributed by atoms with van der Waals surface area (Å²) in [6, 6.07) is 12.6. The van der Waals surface area contributed by atoms with E-state index in [0.29, 0.717) is 48.5 Å². The second kappa shape index (κ2) is 10.8. The Kier molecular flexibility index (Phi) is 7.87. The summed E-state index contributed by atoms with van der Waals surface area (Å²) in [7, 11) is 0. The maximum Gasteiger partial charge on any atom is 0.416 e. The summed E-state index contributed by atoms with van der Waals surface area (Å²) in [4.78, 5) is 0. The molecule has 0 bridgehead atoms. The molecule has 0 aromatic heterocycles. The Balaban J connectivity index is 2.02. The van der Waals surface area contributed by atoms with Gasteiger partial charge in [-0.1, -0.05) is 12.1 Å². The van der Waals surface area contributed by atoms with Crippen LogP contribution in [-0.4, -0.2) is 0 Å². The number of hydrogen-bond acceptors (Lipinski definition) is 2. The van der Waals surface area contributed by atoms with Gasteiger partial charge in [-0.05, 0) is 84.9 Å². The first-order chi connectivity index (χ1) is 19.4. The minimum Gasteiger partial charge on any atom is -0.249 e. The van der Waals surface area contributed by atoms with Crippen LogP contribution in [0.2, 0.25) is 0 Å². The number of alkyl halides is 12. The van der Waals surface area contributed by atoms with Crippen LogP contribution in [0.4, 0.5) is 75.4 Å². The number of anilines is 4. The molecule has 4 aromatic carbocycles. The van der Waals surface area contributed by atoms with Crippen molar-refractivity contribution in [1.29, 1.82) is 0 Å². The molecule has 42 heavy (non-hydrogen) atoms. The summed E-state index contributed by atoms with van der Waals surface area (Å²) >= 11 is 0. The van der Waals surface area contributed by atoms with Crippen LogP contribution < -0.4 is 10.0 Å². The average Bonchev–Trinajstić information content (AvgIpc) is 2.90. The zero-order valence-corrected chi connectivity index (χ0v) is 20.7. The van der Waals surface area contributed by atoms with Crippen LogP contribution in [0.25, 0.3) is 0 Å². The third-order valence-corrected chi connectivity index (χ3v) is 5.91. The molecule has 0 aliphatic heterocycles. The van der Waals surface area contributed by atoms with E-state index >= 15 is 0 Å². The van der Waals surface area contributed by atoms with Crippen LogP contribution in [0.1, 0.15) is 22.3 Å². The van der Waals surface area contributed by atoms with Crippen LogP contribution in [0.5, 0.6) is 0 Å². The maximum atomic E-state index is 13.6. The summed E-state index contributed by atoms with van der Waals surface area (Å²) in [5.74, 6) is 0. The molecule has 0 spiro atoms. The molecule has 0 radical (unpaired) electrons. The van der Waals surface area contributed by atoms with Crippen LogP contribution in [-0.2, 0) is 24.7 Å². The molecule has 0 fully saturated rings. The van der Waals surface area contributed by atoms with E-state index in [2.05, 4.69) is 0 Å². The summed E-state index contributed by atoms with van der Waals surface area (Å²) in [6.45, 7) is 0. The normalized spacial score (nSPS) is 12.8. The molecule has 4 rings (SSSR count). The molecule has 4 aromatic rings. The number of rotatable bonds is 5. The lowest BCUT2D eigenvalue weighted by Crippen LogP contribution is -2.36. The van der Waals surface area contributed by atoms with E-state index in [1.54, 1.807) is 0 Å². The summed E-state index contributed by atoms with van der Waals surface area (Å²) in [5.41, 5.74) is -5.91. The zero-order valence-electron chi connectivity index (χ0n) is 20.7. The van der Waals surface area contributed by atoms with Gasteiger partial charge in [0.2, 0.25) is 0 Å². The number of nitrogens with zero attached hydrogens (tertiary/aromatic N) is 2. The quantitative estimate of drug-likeness (QED) is 0.164. The fourth-order valence-corrected chi connectivity index (χ4v) is 3.97. The van der Waals surface area contributed by atoms with Crippen molar-refractivity contribution >= 4 is 22.7 Å². The predicted molar refractivity (Wildman–Crippen MR) is 130 cm³/mol. The highest BCUT2D eigenvalue weighted by Crippen LogP contribution is 2.42. The molecule has 0 atom stereocenters. The van der Waals surface area contributed by atoms with Crippen molar-refractivity contribution in [2.45, 2.75) is 24.7 Å². The molecule has 2 nitrogen and oxygen atoms in total. The lowest BCUT2D eigenvalue weighted by molar-refractivity contribution is -0.138. The van der Waals surface area contributed by atoms with Crippen molar-refractivity contribution in [2.24, 2.45) is 0 Å². The van der Waals surface area contributed by atoms with E-state index in [4.69, 9.17) is 0 Å². The topological polar surface area (TPSA) is 6.48 Å². The fourth-order valence-electron chi connectivity index (χ4n) is 3.97. The van der Waals surface area contributed by atoms with Crippen molar-refractivity contribution in [3.63, 3.8) is 0 Å². The van der Waals surface area contributed by atoms with Crippen molar-refractivity contribution in [3.8, 4) is 0 Å². The van der Waals surface area contributed by atoms with E-state index in [9.17, 15) is 52.7 Å². The van der Waals surface area contributed by atoms with Gasteiger partial charge in [0.1, 0.15) is 0 Å². The second-order valence-corrected chi connectivity index (χ2v) is 8.81. The Labute approximate surface area is 230 Å². The molecule has 0 saturated carbocycles. The van der Waals surface area contributed by atoms with Crippen molar-refractivity contribution in [1.82, 2.24) is 0 Å². The molecule has 14 heteroatoms. The molecular weight excluding hydrogens is 592 g/mol. The van der Waals surface area contributed by atoms with Crippen LogP contribution in [0.15, 0.2) is 97.1 Å². The Bertz CT molecular complexity index is 1400. The molecule has 0 amide bonds. The number of hydrazine groups is 1. The van der Waals surface area contributed by atoms with Gasteiger partial charge in [-0.3, -0.25) is 0 Å². The molecule has 0 aliphatic rings. The highest BCUT2D eigenvalue weighted by Gasteiger charge is 2.35. The molecule has 0 aliphatic carbocycles. The third-order valence-electron chi connectivity index (χ3n) is 5.91. The summed E-state index contributed by atoms with van der Waals surface area (Å²) in [6.07, 6.45) is -19.4. The lowest BCUT2D eigenvalue weighted by atomic mass is 10.1. The fraction of sp³-hybridized carbons (Fsp3) is 0.143. The second-order valence-electron chi connectivity index (χ2n) is 8.81. The number of benzene rings is 4. The van der Waals surface area contributed by atoms with Gasteiger partial charge in [0.05, 0.1) is 45.0 Å². The Morgan fingerprint density at radius 1 is 0.310 bits per heavy atom. The molecular formula is C28H16F12N2. The van der Waals surface area contributed by atoms with Crippen molar-refractivity contribution in [3.05, 3.63) is 119 Å². The van der Waals surface area contributed by atoms with E-state index in [1.165, 1.54) is 0 Å². The first-order valence-electron chi connectivity index (χ1n) is 11.6. The Morgan fingerprint density at radius 2 is 0.595 bits per heavy atom. The molecule has 222 valence electrons. The monoisotopic (exact) mass is 608 g/mol. The number of hydrogen-bond donors (Lipinski definition) is 0. The van der Waals surface area contributed by atoms with Gasteiger partial charge in [0.25, 0.3) is 0 Å². The van der Waals surface area contributed by atoms with Gasteiger partial charge in [-0.2, -0.15) is 52.7 Å². The van der Waals surface area contributed by atoms with E-state index in [1.807, 2.05) is 0 Å². The SMILES string of the molecule is FC(F)(F)c1ccc(N(c2ccc(C(F)(F)F)cc2)N(c2cccc(C(F)(F)F)c2)c2cccc(C(F)(F)F)c2)cc1. The Morgan fingerprint density at radius 3 is 0.881 bits per heavy atom. The minimum atomic E-state index is -4.90. The van der Waals surface area contributed by atoms with Gasteiger partial charge in [0, 0.05) is 0 Å². The zero-order chi connectivity index (χ0) is 31.1. The maximum absolute atomic E-state index is 13.6. The van der Waals surface area contributed by atoms with Gasteiger partial charge >= 0.3 is 24.7 Å². The molecule has 0 unspecified atom stereocenters. The molecule has 0 saturated heterocycles. The van der Waals surface area contributed by atoms with Gasteiger partial charge < -0.3 is 0 Å². The lowest BCUT2D eigenvalue weighted by Gasteiger charge is -2.39. The third kappa shape index (κ3) is 6.74. The van der Waals surface area contributed by atoms with Crippen LogP contribution in [0, 0.1) is 0 Å². The highest BCUT2D eigenvalue weighted by atomic mass is 19.4.